The zero-order valence-electron chi connectivity index (χ0n) is 4.43. The molecule has 0 amide bonds. The fraction of sp³-hybridized carbons (Fsp3) is 0.667. The summed E-state index contributed by atoms with van der Waals surface area (Å²) in [5.41, 5.74) is 5.22. The van der Waals surface area contributed by atoms with E-state index in [0.717, 1.165) is 5.92 Å². The molecule has 1 aliphatic rings. The molecule has 0 saturated heterocycles. The van der Waals surface area contributed by atoms with Gasteiger partial charge in [0.1, 0.15) is 0 Å². The van der Waals surface area contributed by atoms with Crippen molar-refractivity contribution in [3.63, 3.8) is 0 Å². The summed E-state index contributed by atoms with van der Waals surface area (Å²) in [6.07, 6.45) is 7.02. The Morgan fingerprint density at radius 1 is 1.57 bits per heavy atom. The van der Waals surface area contributed by atoms with Gasteiger partial charge in [-0.3, -0.25) is 0 Å². The van der Waals surface area contributed by atoms with Gasteiger partial charge in [0.15, 0.2) is 0 Å². The molecule has 0 aliphatic heterocycles. The van der Waals surface area contributed by atoms with Crippen LogP contribution in [-0.4, -0.2) is 6.54 Å². The Balaban J connectivity index is 2.05. The molecular weight excluding hydrogens is 86.1 g/mol. The first-order chi connectivity index (χ1) is 3.43. The fourth-order valence-corrected chi connectivity index (χ4v) is 0.560. The first kappa shape index (κ1) is 4.85. The molecule has 0 unspecified atom stereocenters. The van der Waals surface area contributed by atoms with Crippen LogP contribution >= 0.6 is 0 Å². The summed E-state index contributed by atoms with van der Waals surface area (Å²) in [6.45, 7) is 0.705. The van der Waals surface area contributed by atoms with E-state index in [1.54, 1.807) is 0 Å². The van der Waals surface area contributed by atoms with Crippen molar-refractivity contribution in [1.82, 2.24) is 0 Å². The maximum Gasteiger partial charge on any atom is 0.0106 e. The van der Waals surface area contributed by atoms with Crippen molar-refractivity contribution in [1.29, 1.82) is 0 Å². The molecule has 0 atom stereocenters. The second-order valence-corrected chi connectivity index (χ2v) is 2.00. The maximum absolute atomic E-state index is 5.22. The molecule has 0 heterocycles. The van der Waals surface area contributed by atoms with Crippen LogP contribution in [-0.2, 0) is 0 Å². The van der Waals surface area contributed by atoms with Gasteiger partial charge in [0.2, 0.25) is 0 Å². The van der Waals surface area contributed by atoms with Gasteiger partial charge in [-0.15, -0.1) is 0 Å². The SMILES string of the molecule is NC/C=C\C1CC1. The van der Waals surface area contributed by atoms with E-state index < -0.39 is 0 Å². The molecule has 0 spiro atoms. The molecule has 0 aromatic carbocycles. The van der Waals surface area contributed by atoms with E-state index in [1.807, 2.05) is 6.08 Å². The average molecular weight is 97.2 g/mol. The summed E-state index contributed by atoms with van der Waals surface area (Å²) in [6, 6.07) is 0. The van der Waals surface area contributed by atoms with Gasteiger partial charge in [0.25, 0.3) is 0 Å². The van der Waals surface area contributed by atoms with Crippen LogP contribution < -0.4 is 5.73 Å². The lowest BCUT2D eigenvalue weighted by Gasteiger charge is -1.76. The van der Waals surface area contributed by atoms with Crippen molar-refractivity contribution >= 4 is 0 Å². The highest BCUT2D eigenvalue weighted by Crippen LogP contribution is 2.29. The fourth-order valence-electron chi connectivity index (χ4n) is 0.560. The van der Waals surface area contributed by atoms with Crippen LogP contribution in [0.4, 0.5) is 0 Å². The summed E-state index contributed by atoms with van der Waals surface area (Å²) in [7, 11) is 0. The van der Waals surface area contributed by atoms with E-state index in [2.05, 4.69) is 6.08 Å². The minimum absolute atomic E-state index is 0.705. The van der Waals surface area contributed by atoms with Gasteiger partial charge in [-0.2, -0.15) is 0 Å². The Bertz CT molecular complexity index is 72.2. The molecule has 1 heteroatoms. The summed E-state index contributed by atoms with van der Waals surface area (Å²) in [5.74, 6) is 0.892. The lowest BCUT2D eigenvalue weighted by atomic mass is 10.4. The molecule has 1 fully saturated rings. The summed E-state index contributed by atoms with van der Waals surface area (Å²) >= 11 is 0. The van der Waals surface area contributed by atoms with Crippen LogP contribution in [0.5, 0.6) is 0 Å². The van der Waals surface area contributed by atoms with Crippen molar-refractivity contribution in [3.8, 4) is 0 Å². The molecule has 1 rings (SSSR count). The maximum atomic E-state index is 5.22. The molecule has 0 radical (unpaired) electrons. The average Bonchev–Trinajstić information content (AvgIpc) is 2.42. The lowest BCUT2D eigenvalue weighted by molar-refractivity contribution is 1.10. The predicted molar refractivity (Wildman–Crippen MR) is 30.9 cm³/mol. The molecule has 0 aromatic rings. The quantitative estimate of drug-likeness (QED) is 0.509. The Hall–Kier alpha value is -0.300. The van der Waals surface area contributed by atoms with E-state index in [9.17, 15) is 0 Å². The number of nitrogens with two attached hydrogens (primary N) is 1. The second kappa shape index (κ2) is 2.12. The van der Waals surface area contributed by atoms with Gasteiger partial charge in [0.05, 0.1) is 0 Å². The monoisotopic (exact) mass is 97.1 g/mol. The Labute approximate surface area is 44.2 Å². The Morgan fingerprint density at radius 2 is 2.29 bits per heavy atom. The van der Waals surface area contributed by atoms with E-state index in [1.165, 1.54) is 12.8 Å². The van der Waals surface area contributed by atoms with E-state index in [-0.39, 0.29) is 0 Å². The minimum Gasteiger partial charge on any atom is -0.327 e. The summed E-state index contributed by atoms with van der Waals surface area (Å²) < 4.78 is 0. The summed E-state index contributed by atoms with van der Waals surface area (Å²) in [4.78, 5) is 0. The van der Waals surface area contributed by atoms with Crippen LogP contribution in [0.15, 0.2) is 12.2 Å². The molecule has 1 nitrogen and oxygen atoms in total. The largest absolute Gasteiger partial charge is 0.327 e. The highest BCUT2D eigenvalue weighted by atomic mass is 14.5. The highest BCUT2D eigenvalue weighted by molar-refractivity contribution is 4.95. The molecule has 0 bridgehead atoms. The van der Waals surface area contributed by atoms with Crippen LogP contribution in [0.2, 0.25) is 0 Å². The third kappa shape index (κ3) is 1.74. The number of allylic oxidation sites excluding steroid dienone is 1. The van der Waals surface area contributed by atoms with Crippen molar-refractivity contribution in [2.45, 2.75) is 12.8 Å². The van der Waals surface area contributed by atoms with Crippen LogP contribution in [0, 0.1) is 5.92 Å². The first-order valence-corrected chi connectivity index (χ1v) is 2.80. The van der Waals surface area contributed by atoms with Gasteiger partial charge in [0, 0.05) is 6.54 Å². The van der Waals surface area contributed by atoms with Crippen LogP contribution in [0.25, 0.3) is 0 Å². The van der Waals surface area contributed by atoms with Crippen molar-refractivity contribution in [3.05, 3.63) is 12.2 Å². The van der Waals surface area contributed by atoms with Gasteiger partial charge in [-0.05, 0) is 18.8 Å². The normalized spacial score (nSPS) is 21.3. The van der Waals surface area contributed by atoms with Gasteiger partial charge in [-0.25, -0.2) is 0 Å². The first-order valence-electron chi connectivity index (χ1n) is 2.80. The topological polar surface area (TPSA) is 26.0 Å². The zero-order chi connectivity index (χ0) is 5.11. The van der Waals surface area contributed by atoms with Gasteiger partial charge >= 0.3 is 0 Å². The van der Waals surface area contributed by atoms with Crippen LogP contribution in [0.3, 0.4) is 0 Å². The van der Waals surface area contributed by atoms with Crippen molar-refractivity contribution in [2.75, 3.05) is 6.54 Å². The standard InChI is InChI=1S/C6H11N/c7-5-1-2-6-3-4-6/h1-2,6H,3-5,7H2/b2-1-. The molecular formula is C6H11N. The number of hydrogen-bond acceptors (Lipinski definition) is 1. The molecule has 1 aliphatic carbocycles. The molecule has 1 saturated carbocycles. The van der Waals surface area contributed by atoms with E-state index in [4.69, 9.17) is 5.73 Å². The third-order valence-electron chi connectivity index (χ3n) is 1.17. The van der Waals surface area contributed by atoms with Crippen LogP contribution in [0.1, 0.15) is 12.8 Å². The van der Waals surface area contributed by atoms with E-state index in [0.29, 0.717) is 6.54 Å². The van der Waals surface area contributed by atoms with E-state index >= 15 is 0 Å². The molecule has 7 heavy (non-hydrogen) atoms. The highest BCUT2D eigenvalue weighted by Gasteiger charge is 2.16. The third-order valence-corrected chi connectivity index (χ3v) is 1.17. The number of rotatable bonds is 2. The molecule has 2 N–H and O–H groups in total. The second-order valence-electron chi connectivity index (χ2n) is 2.00. The Morgan fingerprint density at radius 3 is 2.71 bits per heavy atom. The van der Waals surface area contributed by atoms with Gasteiger partial charge < -0.3 is 5.73 Å². The van der Waals surface area contributed by atoms with Crippen molar-refractivity contribution in [2.24, 2.45) is 11.7 Å². The number of hydrogen-bond donors (Lipinski definition) is 1. The smallest absolute Gasteiger partial charge is 0.0106 e. The van der Waals surface area contributed by atoms with Crippen molar-refractivity contribution < 1.29 is 0 Å². The van der Waals surface area contributed by atoms with Gasteiger partial charge in [-0.1, -0.05) is 12.2 Å². The molecule has 40 valence electrons. The lowest BCUT2D eigenvalue weighted by Crippen LogP contribution is -1.91. The summed E-state index contributed by atoms with van der Waals surface area (Å²) in [5, 5.41) is 0. The Kier molecular flexibility index (Phi) is 1.47. The zero-order valence-corrected chi connectivity index (χ0v) is 4.43. The molecule has 0 aromatic heterocycles. The minimum atomic E-state index is 0.705. The predicted octanol–water partition coefficient (Wildman–Crippen LogP) is 0.911.